The molecule has 1 unspecified atom stereocenters. The highest BCUT2D eigenvalue weighted by molar-refractivity contribution is 5.95. The Labute approximate surface area is 177 Å². The van der Waals surface area contributed by atoms with Gasteiger partial charge < -0.3 is 15.1 Å². The van der Waals surface area contributed by atoms with Crippen LogP contribution in [0, 0.1) is 13.8 Å². The van der Waals surface area contributed by atoms with E-state index < -0.39 is 5.63 Å². The van der Waals surface area contributed by atoms with Gasteiger partial charge in [-0.25, -0.2) is 4.79 Å². The zero-order valence-electron chi connectivity index (χ0n) is 16.2. The van der Waals surface area contributed by atoms with Gasteiger partial charge in [0.05, 0.1) is 6.20 Å². The first-order valence-corrected chi connectivity index (χ1v) is 9.17. The summed E-state index contributed by atoms with van der Waals surface area (Å²) in [5.41, 5.74) is 1.33. The maximum absolute atomic E-state index is 12.4. The Balaban J connectivity index is 0.00000196. The molecule has 1 aliphatic rings. The third kappa shape index (κ3) is 6.09. The predicted molar refractivity (Wildman–Crippen MR) is 113 cm³/mol. The quantitative estimate of drug-likeness (QED) is 0.687. The Kier molecular flexibility index (Phi) is 9.72. The number of carbonyl (C=O) groups is 1. The van der Waals surface area contributed by atoms with E-state index in [0.717, 1.165) is 44.5 Å². The van der Waals surface area contributed by atoms with Gasteiger partial charge in [0, 0.05) is 31.7 Å². The lowest BCUT2D eigenvalue weighted by molar-refractivity contribution is 0.0947. The molecule has 0 bridgehead atoms. The van der Waals surface area contributed by atoms with Crippen molar-refractivity contribution in [2.24, 2.45) is 0 Å². The van der Waals surface area contributed by atoms with Crippen LogP contribution >= 0.6 is 24.8 Å². The topological polar surface area (TPSA) is 89.2 Å². The van der Waals surface area contributed by atoms with E-state index in [1.165, 1.54) is 0 Å². The Hall–Kier alpha value is -1.83. The van der Waals surface area contributed by atoms with E-state index in [-0.39, 0.29) is 42.2 Å². The zero-order valence-corrected chi connectivity index (χ0v) is 17.8. The molecule has 3 heterocycles. The molecule has 0 aliphatic carbocycles. The fourth-order valence-corrected chi connectivity index (χ4v) is 3.32. The maximum atomic E-state index is 12.4. The molecule has 156 valence electrons. The van der Waals surface area contributed by atoms with E-state index in [2.05, 4.69) is 15.7 Å². The second kappa shape index (κ2) is 11.2. The van der Waals surface area contributed by atoms with Crippen LogP contribution in [0.3, 0.4) is 0 Å². The molecule has 7 nitrogen and oxygen atoms in total. The number of hydrogen-bond donors (Lipinski definition) is 2. The van der Waals surface area contributed by atoms with Gasteiger partial charge in [-0.15, -0.1) is 24.8 Å². The number of aryl methyl sites for hydroxylation is 3. The third-order valence-electron chi connectivity index (χ3n) is 4.71. The first kappa shape index (κ1) is 24.2. The number of halogens is 2. The summed E-state index contributed by atoms with van der Waals surface area (Å²) in [6, 6.07) is 1.83. The van der Waals surface area contributed by atoms with E-state index in [1.807, 2.05) is 23.9 Å². The van der Waals surface area contributed by atoms with Gasteiger partial charge in [0.25, 0.3) is 5.91 Å². The van der Waals surface area contributed by atoms with Gasteiger partial charge in [0.15, 0.2) is 0 Å². The highest BCUT2D eigenvalue weighted by Crippen LogP contribution is 2.23. The van der Waals surface area contributed by atoms with Crippen molar-refractivity contribution in [3.8, 4) is 0 Å². The molecule has 0 radical (unpaired) electrons. The van der Waals surface area contributed by atoms with Crippen molar-refractivity contribution in [2.75, 3.05) is 19.6 Å². The minimum atomic E-state index is -0.550. The number of aromatic nitrogens is 2. The normalized spacial score (nSPS) is 16.0. The molecule has 2 aromatic rings. The van der Waals surface area contributed by atoms with E-state index in [9.17, 15) is 9.59 Å². The number of piperidine rings is 1. The van der Waals surface area contributed by atoms with Crippen LogP contribution in [0.15, 0.2) is 27.7 Å². The Morgan fingerprint density at radius 2 is 2.18 bits per heavy atom. The van der Waals surface area contributed by atoms with Gasteiger partial charge in [0.1, 0.15) is 11.3 Å². The van der Waals surface area contributed by atoms with Crippen molar-refractivity contribution < 1.29 is 9.21 Å². The minimum absolute atomic E-state index is 0. The fourth-order valence-electron chi connectivity index (χ4n) is 3.32. The molecule has 28 heavy (non-hydrogen) atoms. The number of amides is 1. The van der Waals surface area contributed by atoms with Crippen molar-refractivity contribution in [1.29, 1.82) is 0 Å². The number of rotatable bonds is 6. The summed E-state index contributed by atoms with van der Waals surface area (Å²) in [6.07, 6.45) is 6.55. The molecule has 0 spiro atoms. The molecule has 2 aromatic heterocycles. The summed E-state index contributed by atoms with van der Waals surface area (Å²) in [6.45, 7) is 6.78. The molecule has 9 heteroatoms. The smallest absolute Gasteiger partial charge is 0.349 e. The number of nitrogens with one attached hydrogen (secondary N) is 2. The fraction of sp³-hybridized carbons (Fsp3) is 0.526. The summed E-state index contributed by atoms with van der Waals surface area (Å²) in [5, 5.41) is 10.3. The van der Waals surface area contributed by atoms with Gasteiger partial charge in [0.2, 0.25) is 0 Å². The molecule has 2 N–H and O–H groups in total. The molecule has 1 atom stereocenters. The maximum Gasteiger partial charge on any atom is 0.349 e. The van der Waals surface area contributed by atoms with Crippen molar-refractivity contribution in [2.45, 2.75) is 45.6 Å². The molecule has 1 fully saturated rings. The molecular formula is C19H28Cl2N4O3. The average molecular weight is 431 g/mol. The Morgan fingerprint density at radius 3 is 2.79 bits per heavy atom. The van der Waals surface area contributed by atoms with Crippen molar-refractivity contribution >= 4 is 30.7 Å². The average Bonchev–Trinajstić information content (AvgIpc) is 3.04. The molecule has 3 rings (SSSR count). The first-order valence-electron chi connectivity index (χ1n) is 9.17. The van der Waals surface area contributed by atoms with Crippen molar-refractivity contribution in [3.05, 3.63) is 51.3 Å². The summed E-state index contributed by atoms with van der Waals surface area (Å²) in [7, 11) is 0. The lowest BCUT2D eigenvalue weighted by atomic mass is 9.95. The van der Waals surface area contributed by atoms with Crippen molar-refractivity contribution in [3.63, 3.8) is 0 Å². The van der Waals surface area contributed by atoms with Crippen molar-refractivity contribution in [1.82, 2.24) is 20.4 Å². The Morgan fingerprint density at radius 1 is 1.39 bits per heavy atom. The molecule has 1 amide bonds. The highest BCUT2D eigenvalue weighted by atomic mass is 35.5. The number of nitrogens with zero attached hydrogens (tertiary/aromatic N) is 2. The van der Waals surface area contributed by atoms with Crippen LogP contribution in [0.5, 0.6) is 0 Å². The van der Waals surface area contributed by atoms with Gasteiger partial charge >= 0.3 is 5.63 Å². The second-order valence-corrected chi connectivity index (χ2v) is 6.93. The Bertz CT molecular complexity index is 829. The third-order valence-corrected chi connectivity index (χ3v) is 4.71. The van der Waals surface area contributed by atoms with Gasteiger partial charge in [-0.1, -0.05) is 0 Å². The standard InChI is InChI=1S/C19H26N4O3.2ClH/c1-13-10-22-23(12-13)8-4-7-21-18(24)17-14(2)9-16(26-19(17)25)15-5-3-6-20-11-15;;/h9-10,12,15,20H,3-8,11H2,1-2H3,(H,21,24);2*1H. The molecule has 1 saturated heterocycles. The van der Waals surface area contributed by atoms with E-state index >= 15 is 0 Å². The van der Waals surface area contributed by atoms with Crippen LogP contribution in [-0.2, 0) is 6.54 Å². The van der Waals surface area contributed by atoms with Gasteiger partial charge in [-0.3, -0.25) is 9.48 Å². The van der Waals surface area contributed by atoms with Crippen LogP contribution in [0.1, 0.15) is 52.4 Å². The molecule has 0 saturated carbocycles. The number of carbonyl (C=O) groups excluding carboxylic acids is 1. The van der Waals surface area contributed by atoms with Crippen LogP contribution in [0.25, 0.3) is 0 Å². The summed E-state index contributed by atoms with van der Waals surface area (Å²) >= 11 is 0. The predicted octanol–water partition coefficient (Wildman–Crippen LogP) is 2.58. The number of hydrogen-bond acceptors (Lipinski definition) is 5. The molecule has 0 aromatic carbocycles. The monoisotopic (exact) mass is 430 g/mol. The van der Waals surface area contributed by atoms with Gasteiger partial charge in [-0.05, 0) is 56.8 Å². The minimum Gasteiger partial charge on any atom is -0.427 e. The van der Waals surface area contributed by atoms with Crippen LogP contribution in [0.2, 0.25) is 0 Å². The summed E-state index contributed by atoms with van der Waals surface area (Å²) in [4.78, 5) is 24.7. The SMILES string of the molecule is Cc1cnn(CCCNC(=O)c2c(C)cc(C3CCCNC3)oc2=O)c1.Cl.Cl. The second-order valence-electron chi connectivity index (χ2n) is 6.93. The largest absolute Gasteiger partial charge is 0.427 e. The van der Waals surface area contributed by atoms with Gasteiger partial charge in [-0.2, -0.15) is 5.10 Å². The van der Waals surface area contributed by atoms with E-state index in [0.29, 0.717) is 17.9 Å². The summed E-state index contributed by atoms with van der Waals surface area (Å²) in [5.74, 6) is 0.497. The molecular weight excluding hydrogens is 403 g/mol. The highest BCUT2D eigenvalue weighted by Gasteiger charge is 2.22. The summed E-state index contributed by atoms with van der Waals surface area (Å²) < 4.78 is 7.30. The zero-order chi connectivity index (χ0) is 18.5. The van der Waals surface area contributed by atoms with Crippen LogP contribution in [0.4, 0.5) is 0 Å². The first-order chi connectivity index (χ1) is 12.5. The lowest BCUT2D eigenvalue weighted by Gasteiger charge is -2.22. The lowest BCUT2D eigenvalue weighted by Crippen LogP contribution is -2.32. The van der Waals surface area contributed by atoms with E-state index in [1.54, 1.807) is 13.1 Å². The van der Waals surface area contributed by atoms with Crippen LogP contribution < -0.4 is 16.3 Å². The molecule has 1 aliphatic heterocycles. The van der Waals surface area contributed by atoms with Crippen LogP contribution in [-0.4, -0.2) is 35.3 Å². The van der Waals surface area contributed by atoms with E-state index in [4.69, 9.17) is 4.42 Å².